The van der Waals surface area contributed by atoms with Crippen molar-refractivity contribution < 1.29 is 4.79 Å². The summed E-state index contributed by atoms with van der Waals surface area (Å²) in [5.41, 5.74) is 1.87. The Hall–Kier alpha value is -2.63. The second-order valence-corrected chi connectivity index (χ2v) is 5.39. The molecule has 3 aromatic rings. The third-order valence-electron chi connectivity index (χ3n) is 3.10. The molecule has 0 unspecified atom stereocenters. The molecule has 0 aromatic carbocycles. The summed E-state index contributed by atoms with van der Waals surface area (Å²) in [6, 6.07) is 5.64. The third-order valence-corrected chi connectivity index (χ3v) is 3.10. The Bertz CT molecular complexity index is 771. The van der Waals surface area contributed by atoms with Crippen molar-refractivity contribution in [1.82, 2.24) is 19.2 Å². The van der Waals surface area contributed by atoms with Gasteiger partial charge in [-0.1, -0.05) is 19.9 Å². The Morgan fingerprint density at radius 3 is 3.05 bits per heavy atom. The molecule has 0 aliphatic carbocycles. The minimum absolute atomic E-state index is 0.229. The van der Waals surface area contributed by atoms with E-state index in [0.717, 1.165) is 12.1 Å². The minimum atomic E-state index is -0.229. The zero-order valence-electron chi connectivity index (χ0n) is 12.0. The van der Waals surface area contributed by atoms with E-state index < -0.39 is 0 Å². The van der Waals surface area contributed by atoms with Gasteiger partial charge in [-0.05, 0) is 18.1 Å². The van der Waals surface area contributed by atoms with Crippen molar-refractivity contribution in [3.8, 4) is 0 Å². The van der Waals surface area contributed by atoms with Crippen LogP contribution in [0.15, 0.2) is 43.1 Å². The standard InChI is InChI=1S/C15H17N5O/c1-11(2)8-20-9-12(7-17-20)18-15(21)14-13-5-3-4-6-19(13)10-16-14/h3-7,9-11H,8H2,1-2H3,(H,18,21). The molecule has 0 aliphatic heterocycles. The van der Waals surface area contributed by atoms with E-state index in [1.807, 2.05) is 39.7 Å². The molecule has 1 amide bonds. The number of hydrogen-bond donors (Lipinski definition) is 1. The number of rotatable bonds is 4. The van der Waals surface area contributed by atoms with Gasteiger partial charge in [-0.2, -0.15) is 5.10 Å². The number of carbonyl (C=O) groups excluding carboxylic acids is 1. The third kappa shape index (κ3) is 2.79. The minimum Gasteiger partial charge on any atom is -0.318 e. The average molecular weight is 283 g/mol. The van der Waals surface area contributed by atoms with Crippen LogP contribution in [0.4, 0.5) is 5.69 Å². The van der Waals surface area contributed by atoms with E-state index in [-0.39, 0.29) is 5.91 Å². The van der Waals surface area contributed by atoms with Crippen LogP contribution in [0.25, 0.3) is 5.52 Å². The van der Waals surface area contributed by atoms with Gasteiger partial charge in [0.25, 0.3) is 5.91 Å². The largest absolute Gasteiger partial charge is 0.318 e. The highest BCUT2D eigenvalue weighted by Crippen LogP contribution is 2.13. The Balaban J connectivity index is 1.78. The molecule has 6 nitrogen and oxygen atoms in total. The molecule has 3 aromatic heterocycles. The maximum absolute atomic E-state index is 12.3. The number of imidazole rings is 1. The molecule has 108 valence electrons. The van der Waals surface area contributed by atoms with E-state index >= 15 is 0 Å². The fourth-order valence-electron chi connectivity index (χ4n) is 2.21. The number of aromatic nitrogens is 4. The van der Waals surface area contributed by atoms with Gasteiger partial charge in [-0.25, -0.2) is 4.98 Å². The molecule has 1 N–H and O–H groups in total. The molecule has 6 heteroatoms. The van der Waals surface area contributed by atoms with Gasteiger partial charge in [0, 0.05) is 18.9 Å². The van der Waals surface area contributed by atoms with Gasteiger partial charge >= 0.3 is 0 Å². The number of hydrogen-bond acceptors (Lipinski definition) is 3. The highest BCUT2D eigenvalue weighted by Gasteiger charge is 2.14. The average Bonchev–Trinajstić information content (AvgIpc) is 3.04. The maximum Gasteiger partial charge on any atom is 0.276 e. The van der Waals surface area contributed by atoms with E-state index in [1.54, 1.807) is 12.5 Å². The van der Waals surface area contributed by atoms with Crippen LogP contribution in [0.2, 0.25) is 0 Å². The number of carbonyl (C=O) groups is 1. The van der Waals surface area contributed by atoms with Gasteiger partial charge in [-0.3, -0.25) is 9.48 Å². The molecule has 0 spiro atoms. The number of anilines is 1. The number of fused-ring (bicyclic) bond motifs is 1. The van der Waals surface area contributed by atoms with E-state index in [1.165, 1.54) is 0 Å². The summed E-state index contributed by atoms with van der Waals surface area (Å²) in [6.45, 7) is 5.07. The van der Waals surface area contributed by atoms with E-state index in [0.29, 0.717) is 17.3 Å². The summed E-state index contributed by atoms with van der Waals surface area (Å²) in [4.78, 5) is 16.5. The number of pyridine rings is 1. The summed E-state index contributed by atoms with van der Waals surface area (Å²) < 4.78 is 3.64. The Kier molecular flexibility index (Phi) is 3.43. The molecule has 0 atom stereocenters. The topological polar surface area (TPSA) is 64.2 Å². The fourth-order valence-corrected chi connectivity index (χ4v) is 2.21. The zero-order chi connectivity index (χ0) is 14.8. The van der Waals surface area contributed by atoms with Gasteiger partial charge in [0.1, 0.15) is 6.33 Å². The van der Waals surface area contributed by atoms with E-state index in [9.17, 15) is 4.79 Å². The molecule has 0 bridgehead atoms. The lowest BCUT2D eigenvalue weighted by atomic mass is 10.2. The SMILES string of the molecule is CC(C)Cn1cc(NC(=O)c2ncn3ccccc23)cn1. The van der Waals surface area contributed by atoms with Crippen LogP contribution in [0.1, 0.15) is 24.3 Å². The molecule has 0 saturated heterocycles. The molecule has 0 radical (unpaired) electrons. The zero-order valence-corrected chi connectivity index (χ0v) is 12.0. The van der Waals surface area contributed by atoms with Crippen LogP contribution in [0.5, 0.6) is 0 Å². The van der Waals surface area contributed by atoms with Crippen molar-refractivity contribution in [3.05, 3.63) is 48.8 Å². The van der Waals surface area contributed by atoms with Crippen LogP contribution in [-0.2, 0) is 6.54 Å². The monoisotopic (exact) mass is 283 g/mol. The summed E-state index contributed by atoms with van der Waals surface area (Å²) in [5.74, 6) is 0.276. The normalized spacial score (nSPS) is 11.2. The summed E-state index contributed by atoms with van der Waals surface area (Å²) in [5, 5.41) is 7.06. The molecular formula is C15H17N5O. The number of nitrogens with zero attached hydrogens (tertiary/aromatic N) is 4. The quantitative estimate of drug-likeness (QED) is 0.800. The number of nitrogens with one attached hydrogen (secondary N) is 1. The molecule has 0 aliphatic rings. The summed E-state index contributed by atoms with van der Waals surface area (Å²) in [6.07, 6.45) is 6.97. The second kappa shape index (κ2) is 5.40. The lowest BCUT2D eigenvalue weighted by molar-refractivity contribution is 0.102. The van der Waals surface area contributed by atoms with Gasteiger partial charge in [0.2, 0.25) is 0 Å². The maximum atomic E-state index is 12.3. The van der Waals surface area contributed by atoms with Crippen molar-refractivity contribution in [3.63, 3.8) is 0 Å². The Labute approximate surface area is 122 Å². The van der Waals surface area contributed by atoms with E-state index in [4.69, 9.17) is 0 Å². The van der Waals surface area contributed by atoms with Gasteiger partial charge in [0.15, 0.2) is 5.69 Å². The van der Waals surface area contributed by atoms with Crippen LogP contribution in [-0.4, -0.2) is 25.1 Å². The molecular weight excluding hydrogens is 266 g/mol. The Morgan fingerprint density at radius 1 is 1.38 bits per heavy atom. The smallest absolute Gasteiger partial charge is 0.276 e. The summed E-state index contributed by atoms with van der Waals surface area (Å²) >= 11 is 0. The van der Waals surface area contributed by atoms with E-state index in [2.05, 4.69) is 29.2 Å². The van der Waals surface area contributed by atoms with Crippen LogP contribution in [0.3, 0.4) is 0 Å². The first-order valence-electron chi connectivity index (χ1n) is 6.89. The molecule has 21 heavy (non-hydrogen) atoms. The van der Waals surface area contributed by atoms with Crippen molar-refractivity contribution in [2.45, 2.75) is 20.4 Å². The first-order valence-corrected chi connectivity index (χ1v) is 6.89. The number of amides is 1. The molecule has 3 rings (SSSR count). The highest BCUT2D eigenvalue weighted by molar-refractivity contribution is 6.07. The van der Waals surface area contributed by atoms with Crippen molar-refractivity contribution >= 4 is 17.1 Å². The van der Waals surface area contributed by atoms with Crippen LogP contribution >= 0.6 is 0 Å². The van der Waals surface area contributed by atoms with Crippen LogP contribution in [0, 0.1) is 5.92 Å². The second-order valence-electron chi connectivity index (χ2n) is 5.39. The van der Waals surface area contributed by atoms with Crippen molar-refractivity contribution in [2.75, 3.05) is 5.32 Å². The first kappa shape index (κ1) is 13.4. The van der Waals surface area contributed by atoms with Gasteiger partial charge < -0.3 is 9.72 Å². The Morgan fingerprint density at radius 2 is 2.24 bits per heavy atom. The highest BCUT2D eigenvalue weighted by atomic mass is 16.1. The predicted octanol–water partition coefficient (Wildman–Crippen LogP) is 2.44. The first-order chi connectivity index (χ1) is 10.1. The van der Waals surface area contributed by atoms with Gasteiger partial charge in [-0.15, -0.1) is 0 Å². The van der Waals surface area contributed by atoms with Crippen molar-refractivity contribution in [2.24, 2.45) is 5.92 Å². The fraction of sp³-hybridized carbons (Fsp3) is 0.267. The molecule has 3 heterocycles. The van der Waals surface area contributed by atoms with Crippen LogP contribution < -0.4 is 5.32 Å². The van der Waals surface area contributed by atoms with Gasteiger partial charge in [0.05, 0.1) is 17.4 Å². The summed E-state index contributed by atoms with van der Waals surface area (Å²) in [7, 11) is 0. The molecule has 0 saturated carbocycles. The molecule has 0 fully saturated rings. The van der Waals surface area contributed by atoms with Crippen molar-refractivity contribution in [1.29, 1.82) is 0 Å². The predicted molar refractivity (Wildman–Crippen MR) is 80.2 cm³/mol. The lowest BCUT2D eigenvalue weighted by Crippen LogP contribution is -2.12. The lowest BCUT2D eigenvalue weighted by Gasteiger charge is -2.03.